The summed E-state index contributed by atoms with van der Waals surface area (Å²) in [5.74, 6) is 0. The van der Waals surface area contributed by atoms with Gasteiger partial charge in [0, 0.05) is 28.4 Å². The summed E-state index contributed by atoms with van der Waals surface area (Å²) in [6, 6.07) is 12.4. The predicted molar refractivity (Wildman–Crippen MR) is 85.8 cm³/mol. The lowest BCUT2D eigenvalue weighted by Crippen LogP contribution is -2.02. The molecule has 3 aromatic rings. The molecule has 0 spiro atoms. The summed E-state index contributed by atoms with van der Waals surface area (Å²) in [5, 5.41) is 2.28. The minimum atomic E-state index is -4.00. The molecule has 1 aromatic heterocycles. The molecule has 0 aliphatic carbocycles. The number of aryl methyl sites for hydroxylation is 3. The smallest absolute Gasteiger partial charge is 0.327 e. The lowest BCUT2D eigenvalue weighted by Gasteiger charge is -2.08. The second-order valence-electron chi connectivity index (χ2n) is 5.58. The monoisotopic (exact) mass is 303 g/mol. The van der Waals surface area contributed by atoms with Crippen molar-refractivity contribution in [2.75, 3.05) is 6.16 Å². The van der Waals surface area contributed by atoms with E-state index in [9.17, 15) is 4.57 Å². The van der Waals surface area contributed by atoms with Crippen LogP contribution in [-0.4, -0.2) is 20.5 Å². The second-order valence-corrected chi connectivity index (χ2v) is 7.36. The second kappa shape index (κ2) is 4.99. The zero-order valence-corrected chi connectivity index (χ0v) is 13.0. The van der Waals surface area contributed by atoms with Gasteiger partial charge in [-0.15, -0.1) is 0 Å². The van der Waals surface area contributed by atoms with Gasteiger partial charge in [0.05, 0.1) is 6.16 Å². The van der Waals surface area contributed by atoms with Crippen LogP contribution in [0.2, 0.25) is 0 Å². The highest BCUT2D eigenvalue weighted by atomic mass is 31.2. The average molecular weight is 303 g/mol. The fourth-order valence-electron chi connectivity index (χ4n) is 2.80. The van der Waals surface area contributed by atoms with Crippen molar-refractivity contribution in [1.82, 2.24) is 4.57 Å². The molecule has 21 heavy (non-hydrogen) atoms. The normalized spacial score (nSPS) is 12.4. The van der Waals surface area contributed by atoms with E-state index in [0.717, 1.165) is 21.8 Å². The number of nitrogens with zero attached hydrogens (tertiary/aromatic N) is 1. The van der Waals surface area contributed by atoms with Crippen LogP contribution in [0.25, 0.3) is 21.8 Å². The summed E-state index contributed by atoms with van der Waals surface area (Å²) in [7, 11) is -4.00. The summed E-state index contributed by atoms with van der Waals surface area (Å²) in [6.45, 7) is 4.42. The van der Waals surface area contributed by atoms with Gasteiger partial charge in [0.2, 0.25) is 0 Å². The van der Waals surface area contributed by atoms with Crippen LogP contribution >= 0.6 is 7.60 Å². The Bertz CT molecular complexity index is 817. The molecular formula is C16H18NO3P. The van der Waals surface area contributed by atoms with Gasteiger partial charge < -0.3 is 14.4 Å². The summed E-state index contributed by atoms with van der Waals surface area (Å²) in [6.07, 6.45) is -0.145. The zero-order valence-electron chi connectivity index (χ0n) is 12.1. The molecule has 0 saturated carbocycles. The lowest BCUT2D eigenvalue weighted by molar-refractivity contribution is 0.370. The molecule has 5 heteroatoms. The third-order valence-electron chi connectivity index (χ3n) is 3.79. The van der Waals surface area contributed by atoms with Crippen molar-refractivity contribution in [1.29, 1.82) is 0 Å². The molecule has 1 heterocycles. The maximum absolute atomic E-state index is 11.2. The van der Waals surface area contributed by atoms with Crippen molar-refractivity contribution in [3.63, 3.8) is 0 Å². The largest absolute Gasteiger partial charge is 0.340 e. The summed E-state index contributed by atoms with van der Waals surface area (Å²) in [4.78, 5) is 18.3. The van der Waals surface area contributed by atoms with Crippen LogP contribution in [0.5, 0.6) is 0 Å². The Balaban J connectivity index is 2.27. The highest BCUT2D eigenvalue weighted by molar-refractivity contribution is 7.51. The van der Waals surface area contributed by atoms with Crippen molar-refractivity contribution in [2.24, 2.45) is 0 Å². The molecule has 2 aromatic carbocycles. The number of fused-ring (bicyclic) bond motifs is 3. The fraction of sp³-hybridized carbons (Fsp3) is 0.250. The molecule has 3 rings (SSSR count). The Labute approximate surface area is 123 Å². The average Bonchev–Trinajstić information content (AvgIpc) is 2.68. The van der Waals surface area contributed by atoms with E-state index in [1.54, 1.807) is 0 Å². The number of rotatable bonds is 3. The van der Waals surface area contributed by atoms with Crippen LogP contribution in [0.4, 0.5) is 0 Å². The maximum atomic E-state index is 11.2. The molecule has 110 valence electrons. The summed E-state index contributed by atoms with van der Waals surface area (Å²) < 4.78 is 13.2. The van der Waals surface area contributed by atoms with Crippen LogP contribution in [0.1, 0.15) is 11.1 Å². The third kappa shape index (κ3) is 2.75. The first-order chi connectivity index (χ1) is 9.85. The van der Waals surface area contributed by atoms with E-state index in [4.69, 9.17) is 9.79 Å². The molecule has 0 bridgehead atoms. The minimum absolute atomic E-state index is 0.145. The van der Waals surface area contributed by atoms with Crippen LogP contribution in [0.3, 0.4) is 0 Å². The number of aromatic nitrogens is 1. The minimum Gasteiger partial charge on any atom is -0.340 e. The highest BCUT2D eigenvalue weighted by Gasteiger charge is 2.16. The maximum Gasteiger partial charge on any atom is 0.327 e. The Morgan fingerprint density at radius 3 is 1.86 bits per heavy atom. The van der Waals surface area contributed by atoms with Gasteiger partial charge in [-0.05, 0) is 38.1 Å². The molecule has 0 aliphatic heterocycles. The van der Waals surface area contributed by atoms with Crippen LogP contribution < -0.4 is 0 Å². The Morgan fingerprint density at radius 1 is 0.952 bits per heavy atom. The summed E-state index contributed by atoms with van der Waals surface area (Å²) >= 11 is 0. The Morgan fingerprint density at radius 2 is 1.43 bits per heavy atom. The SMILES string of the molecule is Cc1ccc2c(c1)c1cc(C)ccc1n2CCP(=O)(O)O. The number of benzene rings is 2. The molecule has 0 radical (unpaired) electrons. The van der Waals surface area contributed by atoms with Gasteiger partial charge in [0.1, 0.15) is 0 Å². The Hall–Kier alpha value is -1.61. The highest BCUT2D eigenvalue weighted by Crippen LogP contribution is 2.36. The van der Waals surface area contributed by atoms with Gasteiger partial charge >= 0.3 is 7.60 Å². The van der Waals surface area contributed by atoms with E-state index in [0.29, 0.717) is 6.54 Å². The van der Waals surface area contributed by atoms with Crippen molar-refractivity contribution >= 4 is 29.4 Å². The van der Waals surface area contributed by atoms with Gasteiger partial charge in [-0.1, -0.05) is 23.3 Å². The van der Waals surface area contributed by atoms with E-state index in [-0.39, 0.29) is 6.16 Å². The van der Waals surface area contributed by atoms with E-state index in [1.165, 1.54) is 11.1 Å². The van der Waals surface area contributed by atoms with Crippen molar-refractivity contribution in [3.05, 3.63) is 47.5 Å². The van der Waals surface area contributed by atoms with Crippen molar-refractivity contribution < 1.29 is 14.4 Å². The van der Waals surface area contributed by atoms with Gasteiger partial charge in [0.15, 0.2) is 0 Å². The van der Waals surface area contributed by atoms with Crippen LogP contribution in [0.15, 0.2) is 36.4 Å². The molecule has 0 aliphatic rings. The summed E-state index contributed by atoms with van der Waals surface area (Å²) in [5.41, 5.74) is 4.40. The molecular weight excluding hydrogens is 285 g/mol. The van der Waals surface area contributed by atoms with E-state index in [1.807, 2.05) is 42.7 Å². The standard InChI is InChI=1S/C16H18NO3P/c1-11-3-5-15-13(9-11)14-10-12(2)4-6-16(14)17(15)7-8-21(18,19)20/h3-6,9-10H,7-8H2,1-2H3,(H2,18,19,20). The lowest BCUT2D eigenvalue weighted by atomic mass is 10.1. The van der Waals surface area contributed by atoms with Gasteiger partial charge in [-0.2, -0.15) is 0 Å². The topological polar surface area (TPSA) is 62.5 Å². The molecule has 0 saturated heterocycles. The number of hydrogen-bond donors (Lipinski definition) is 2. The van der Waals surface area contributed by atoms with E-state index in [2.05, 4.69) is 12.1 Å². The van der Waals surface area contributed by atoms with Gasteiger partial charge in [-0.3, -0.25) is 4.57 Å². The molecule has 2 N–H and O–H groups in total. The molecule has 0 unspecified atom stereocenters. The van der Waals surface area contributed by atoms with E-state index < -0.39 is 7.60 Å². The molecule has 0 amide bonds. The molecule has 0 fully saturated rings. The fourth-order valence-corrected chi connectivity index (χ4v) is 3.26. The third-order valence-corrected chi connectivity index (χ3v) is 4.57. The first kappa shape index (κ1) is 14.3. The first-order valence-corrected chi connectivity index (χ1v) is 8.69. The van der Waals surface area contributed by atoms with E-state index >= 15 is 0 Å². The van der Waals surface area contributed by atoms with Crippen molar-refractivity contribution in [3.8, 4) is 0 Å². The zero-order chi connectivity index (χ0) is 15.2. The number of hydrogen-bond acceptors (Lipinski definition) is 1. The quantitative estimate of drug-likeness (QED) is 0.727. The van der Waals surface area contributed by atoms with Gasteiger partial charge in [-0.25, -0.2) is 0 Å². The van der Waals surface area contributed by atoms with Crippen molar-refractivity contribution in [2.45, 2.75) is 20.4 Å². The van der Waals surface area contributed by atoms with Crippen LogP contribution in [0, 0.1) is 13.8 Å². The molecule has 4 nitrogen and oxygen atoms in total. The molecule has 0 atom stereocenters. The predicted octanol–water partition coefficient (Wildman–Crippen LogP) is 3.59. The van der Waals surface area contributed by atoms with Crippen LogP contribution in [-0.2, 0) is 11.1 Å². The Kier molecular flexibility index (Phi) is 3.40. The first-order valence-electron chi connectivity index (χ1n) is 6.89. The van der Waals surface area contributed by atoms with Gasteiger partial charge in [0.25, 0.3) is 0 Å².